The number of aromatic nitrogens is 2. The molecule has 0 radical (unpaired) electrons. The molecule has 1 aliphatic rings. The van der Waals surface area contributed by atoms with Crippen LogP contribution in [0.2, 0.25) is 0 Å². The predicted octanol–water partition coefficient (Wildman–Crippen LogP) is 3.35. The fourth-order valence-corrected chi connectivity index (χ4v) is 3.75. The second-order valence-corrected chi connectivity index (χ2v) is 6.18. The zero-order chi connectivity index (χ0) is 16.0. The molecule has 0 atom stereocenters. The van der Waals surface area contributed by atoms with Gasteiger partial charge in [0, 0.05) is 28.3 Å². The lowest BCUT2D eigenvalue weighted by atomic mass is 10.1. The van der Waals surface area contributed by atoms with E-state index in [1.165, 1.54) is 16.8 Å². The van der Waals surface area contributed by atoms with Gasteiger partial charge in [0.2, 0.25) is 0 Å². The van der Waals surface area contributed by atoms with Crippen LogP contribution in [0.1, 0.15) is 5.56 Å². The highest BCUT2D eigenvalue weighted by Crippen LogP contribution is 2.39. The molecule has 0 saturated heterocycles. The maximum atomic E-state index is 12.6. The van der Waals surface area contributed by atoms with E-state index in [4.69, 9.17) is 0 Å². The summed E-state index contributed by atoms with van der Waals surface area (Å²) in [7, 11) is 0. The maximum Gasteiger partial charge on any atom is 0.275 e. The first-order chi connectivity index (χ1) is 11.1. The molecule has 4 rings (SSSR count). The zero-order valence-electron chi connectivity index (χ0n) is 11.9. The first-order valence-corrected chi connectivity index (χ1v) is 7.94. The highest BCUT2D eigenvalue weighted by Gasteiger charge is 2.23. The molecular formula is C16H11N3O3S. The van der Waals surface area contributed by atoms with Crippen LogP contribution < -0.4 is 5.56 Å². The lowest BCUT2D eigenvalue weighted by Crippen LogP contribution is -2.17. The van der Waals surface area contributed by atoms with Crippen LogP contribution in [0.25, 0.3) is 16.9 Å². The molecule has 0 fully saturated rings. The average Bonchev–Trinajstić information content (AvgIpc) is 2.92. The monoisotopic (exact) mass is 325 g/mol. The molecule has 0 spiro atoms. The molecule has 3 aromatic rings. The van der Waals surface area contributed by atoms with Crippen LogP contribution in [0.15, 0.2) is 58.2 Å². The largest absolute Gasteiger partial charge is 0.290 e. The van der Waals surface area contributed by atoms with Gasteiger partial charge in [0.25, 0.3) is 11.2 Å². The summed E-state index contributed by atoms with van der Waals surface area (Å²) in [6, 6.07) is 13.9. The average molecular weight is 325 g/mol. The van der Waals surface area contributed by atoms with E-state index in [1.54, 1.807) is 23.9 Å². The fourth-order valence-electron chi connectivity index (χ4n) is 2.68. The molecule has 0 bridgehead atoms. The third kappa shape index (κ3) is 2.17. The number of non-ortho nitro benzene ring substituents is 1. The molecule has 0 amide bonds. The van der Waals surface area contributed by atoms with E-state index in [0.717, 1.165) is 21.7 Å². The number of nitro groups is 1. The van der Waals surface area contributed by atoms with Crippen LogP contribution in [-0.4, -0.2) is 14.7 Å². The van der Waals surface area contributed by atoms with Crippen molar-refractivity contribution in [1.82, 2.24) is 9.78 Å². The van der Waals surface area contributed by atoms with Crippen molar-refractivity contribution in [2.45, 2.75) is 10.6 Å². The Hall–Kier alpha value is -2.80. The summed E-state index contributed by atoms with van der Waals surface area (Å²) in [4.78, 5) is 24.0. The Morgan fingerprint density at radius 3 is 2.61 bits per heavy atom. The summed E-state index contributed by atoms with van der Waals surface area (Å²) >= 11 is 1.64. The normalized spacial score (nSPS) is 12.5. The van der Waals surface area contributed by atoms with Gasteiger partial charge in [-0.2, -0.15) is 0 Å². The molecule has 0 aliphatic carbocycles. The summed E-state index contributed by atoms with van der Waals surface area (Å²) in [5.41, 5.74) is 3.03. The molecule has 2 aromatic carbocycles. The van der Waals surface area contributed by atoms with Crippen molar-refractivity contribution in [2.24, 2.45) is 0 Å². The van der Waals surface area contributed by atoms with Crippen molar-refractivity contribution in [3.8, 4) is 16.9 Å². The highest BCUT2D eigenvalue weighted by atomic mass is 32.2. The third-order valence-electron chi connectivity index (χ3n) is 3.83. The number of hydrogen-bond acceptors (Lipinski definition) is 4. The molecule has 7 heteroatoms. The Balaban J connectivity index is 1.85. The van der Waals surface area contributed by atoms with E-state index >= 15 is 0 Å². The predicted molar refractivity (Wildman–Crippen MR) is 88.0 cm³/mol. The fraction of sp³-hybridized carbons (Fsp3) is 0.0625. The van der Waals surface area contributed by atoms with Crippen molar-refractivity contribution in [3.05, 3.63) is 74.6 Å². The number of rotatable bonds is 2. The van der Waals surface area contributed by atoms with E-state index in [0.29, 0.717) is 11.4 Å². The molecule has 2 heterocycles. The zero-order valence-corrected chi connectivity index (χ0v) is 12.7. The van der Waals surface area contributed by atoms with Gasteiger partial charge in [-0.15, -0.1) is 11.8 Å². The quantitative estimate of drug-likeness (QED) is 0.579. The highest BCUT2D eigenvalue weighted by molar-refractivity contribution is 7.98. The van der Waals surface area contributed by atoms with Crippen LogP contribution >= 0.6 is 11.8 Å². The van der Waals surface area contributed by atoms with Gasteiger partial charge < -0.3 is 0 Å². The van der Waals surface area contributed by atoms with Crippen molar-refractivity contribution in [2.75, 3.05) is 0 Å². The second kappa shape index (κ2) is 5.13. The van der Waals surface area contributed by atoms with Crippen LogP contribution in [0.3, 0.4) is 0 Å². The number of aromatic amines is 1. The van der Waals surface area contributed by atoms with Crippen molar-refractivity contribution in [1.29, 1.82) is 0 Å². The summed E-state index contributed by atoms with van der Waals surface area (Å²) in [5.74, 6) is 0.613. The summed E-state index contributed by atoms with van der Waals surface area (Å²) in [6.45, 7) is 0. The Morgan fingerprint density at radius 1 is 1.13 bits per heavy atom. The van der Waals surface area contributed by atoms with Gasteiger partial charge in [0.05, 0.1) is 21.9 Å². The molecule has 0 unspecified atom stereocenters. The molecule has 114 valence electrons. The van der Waals surface area contributed by atoms with Crippen molar-refractivity contribution in [3.63, 3.8) is 0 Å². The minimum Gasteiger partial charge on any atom is -0.290 e. The number of thioether (sulfide) groups is 1. The number of nitrogens with zero attached hydrogens (tertiary/aromatic N) is 2. The van der Waals surface area contributed by atoms with E-state index in [2.05, 4.69) is 5.10 Å². The van der Waals surface area contributed by atoms with Crippen LogP contribution in [0, 0.1) is 10.1 Å². The summed E-state index contributed by atoms with van der Waals surface area (Å²) in [5, 5.41) is 13.9. The number of benzene rings is 2. The van der Waals surface area contributed by atoms with Gasteiger partial charge >= 0.3 is 0 Å². The smallest absolute Gasteiger partial charge is 0.275 e. The molecule has 23 heavy (non-hydrogen) atoms. The Morgan fingerprint density at radius 2 is 1.87 bits per heavy atom. The van der Waals surface area contributed by atoms with Gasteiger partial charge in [-0.1, -0.05) is 18.2 Å². The topological polar surface area (TPSA) is 80.9 Å². The lowest BCUT2D eigenvalue weighted by Gasteiger charge is -2.13. The summed E-state index contributed by atoms with van der Waals surface area (Å²) < 4.78 is 1.44. The lowest BCUT2D eigenvalue weighted by molar-refractivity contribution is -0.384. The minimum absolute atomic E-state index is 0.000908. The van der Waals surface area contributed by atoms with Crippen molar-refractivity contribution < 1.29 is 4.92 Å². The molecule has 0 saturated carbocycles. The van der Waals surface area contributed by atoms with Crippen LogP contribution in [-0.2, 0) is 5.75 Å². The molecule has 1 aromatic heterocycles. The number of H-pyrrole nitrogens is 1. The van der Waals surface area contributed by atoms with Gasteiger partial charge in [-0.3, -0.25) is 20.0 Å². The van der Waals surface area contributed by atoms with Gasteiger partial charge in [-0.25, -0.2) is 4.68 Å². The van der Waals surface area contributed by atoms with E-state index in [1.807, 2.05) is 24.3 Å². The van der Waals surface area contributed by atoms with Crippen LogP contribution in [0.5, 0.6) is 0 Å². The van der Waals surface area contributed by atoms with Gasteiger partial charge in [-0.05, 0) is 18.2 Å². The number of nitro benzene ring substituents is 1. The first kappa shape index (κ1) is 13.8. The maximum absolute atomic E-state index is 12.6. The first-order valence-electron chi connectivity index (χ1n) is 6.96. The number of nitrogens with one attached hydrogen (secondary N) is 1. The van der Waals surface area contributed by atoms with Gasteiger partial charge in [0.15, 0.2) is 0 Å². The van der Waals surface area contributed by atoms with Gasteiger partial charge in [0.1, 0.15) is 0 Å². The summed E-state index contributed by atoms with van der Waals surface area (Å²) in [6.07, 6.45) is 0. The Bertz CT molecular complexity index is 973. The molecule has 1 aliphatic heterocycles. The second-order valence-electron chi connectivity index (χ2n) is 5.16. The Kier molecular flexibility index (Phi) is 3.09. The van der Waals surface area contributed by atoms with E-state index in [-0.39, 0.29) is 11.2 Å². The molecule has 1 N–H and O–H groups in total. The van der Waals surface area contributed by atoms with E-state index in [9.17, 15) is 14.9 Å². The SMILES string of the molecule is O=c1c2c([nH]n1-c1ccc([N+](=O)[O-])cc1)-c1ccccc1SC2. The molecular weight excluding hydrogens is 314 g/mol. The number of hydrogen-bond donors (Lipinski definition) is 1. The van der Waals surface area contributed by atoms with E-state index < -0.39 is 4.92 Å². The number of fused-ring (bicyclic) bond motifs is 3. The van der Waals surface area contributed by atoms with Crippen molar-refractivity contribution >= 4 is 17.4 Å². The van der Waals surface area contributed by atoms with Crippen LogP contribution in [0.4, 0.5) is 5.69 Å². The third-order valence-corrected chi connectivity index (χ3v) is 4.93. The minimum atomic E-state index is -0.459. The standard InChI is InChI=1S/C16H11N3O3S/c20-16-13-9-23-14-4-2-1-3-12(14)15(13)17-18(16)10-5-7-11(8-6-10)19(21)22/h1-8,17H,9H2. The Labute approximate surface area is 134 Å². The molecule has 6 nitrogen and oxygen atoms in total.